The largest absolute Gasteiger partial charge is 0.433 e. The van der Waals surface area contributed by atoms with E-state index in [0.29, 0.717) is 25.8 Å². The predicted molar refractivity (Wildman–Crippen MR) is 78.4 cm³/mol. The zero-order valence-corrected chi connectivity index (χ0v) is 13.1. The molecule has 1 aromatic heterocycles. The Morgan fingerprint density at radius 3 is 2.54 bits per heavy atom. The van der Waals surface area contributed by atoms with E-state index in [1.54, 1.807) is 0 Å². The predicted octanol–water partition coefficient (Wildman–Crippen LogP) is 0.734. The second-order valence-electron chi connectivity index (χ2n) is 6.41. The van der Waals surface area contributed by atoms with E-state index in [1.807, 2.05) is 0 Å². The number of nitrogens with zero attached hydrogens (tertiary/aromatic N) is 3. The summed E-state index contributed by atoms with van der Waals surface area (Å²) in [4.78, 5) is 17.4. The lowest BCUT2D eigenvalue weighted by molar-refractivity contribution is -0.141. The summed E-state index contributed by atoms with van der Waals surface area (Å²) in [6, 6.07) is 0.558. The molecule has 9 heteroatoms. The Morgan fingerprint density at radius 2 is 2.00 bits per heavy atom. The highest BCUT2D eigenvalue weighted by molar-refractivity contribution is 5.03. The van der Waals surface area contributed by atoms with Gasteiger partial charge < -0.3 is 9.84 Å². The van der Waals surface area contributed by atoms with Crippen molar-refractivity contribution in [1.29, 1.82) is 0 Å². The SMILES string of the molecule is O=c1cc(C(F)(F)F)ncn1CC1CCN(C2COCC2O)CC1. The monoisotopic (exact) mass is 347 g/mol. The van der Waals surface area contributed by atoms with Crippen LogP contribution in [0, 0.1) is 5.92 Å². The quantitative estimate of drug-likeness (QED) is 0.873. The number of aliphatic hydroxyl groups excluding tert-OH is 1. The minimum atomic E-state index is -4.60. The number of aromatic nitrogens is 2. The first kappa shape index (κ1) is 17.4. The molecule has 0 amide bonds. The van der Waals surface area contributed by atoms with Gasteiger partial charge in [0.15, 0.2) is 5.69 Å². The van der Waals surface area contributed by atoms with Crippen LogP contribution in [0.3, 0.4) is 0 Å². The van der Waals surface area contributed by atoms with Crippen molar-refractivity contribution in [2.45, 2.75) is 37.7 Å². The molecule has 1 N–H and O–H groups in total. The van der Waals surface area contributed by atoms with Crippen LogP contribution in [0.1, 0.15) is 18.5 Å². The van der Waals surface area contributed by atoms with Crippen LogP contribution in [0.4, 0.5) is 13.2 Å². The Bertz CT molecular complexity index is 626. The molecule has 0 radical (unpaired) electrons. The summed E-state index contributed by atoms with van der Waals surface area (Å²) < 4.78 is 44.1. The topological polar surface area (TPSA) is 67.6 Å². The van der Waals surface area contributed by atoms with E-state index < -0.39 is 23.5 Å². The third-order valence-corrected chi connectivity index (χ3v) is 4.76. The molecule has 2 aliphatic rings. The minimum Gasteiger partial charge on any atom is -0.389 e. The van der Waals surface area contributed by atoms with Crippen molar-refractivity contribution >= 4 is 0 Å². The van der Waals surface area contributed by atoms with E-state index in [2.05, 4.69) is 9.88 Å². The summed E-state index contributed by atoms with van der Waals surface area (Å²) in [5.41, 5.74) is -1.84. The maximum atomic E-state index is 12.5. The molecule has 134 valence electrons. The molecular formula is C15H20F3N3O3. The molecule has 0 bridgehead atoms. The molecule has 2 saturated heterocycles. The Kier molecular flexibility index (Phi) is 4.93. The first-order valence-corrected chi connectivity index (χ1v) is 7.98. The van der Waals surface area contributed by atoms with Gasteiger partial charge in [-0.2, -0.15) is 13.2 Å². The second kappa shape index (κ2) is 6.81. The van der Waals surface area contributed by atoms with Crippen LogP contribution in [0.5, 0.6) is 0 Å². The Balaban J connectivity index is 1.57. The number of rotatable bonds is 3. The molecule has 0 saturated carbocycles. The Hall–Kier alpha value is -1.45. The Morgan fingerprint density at radius 1 is 1.29 bits per heavy atom. The van der Waals surface area contributed by atoms with Crippen LogP contribution < -0.4 is 5.56 Å². The molecule has 2 fully saturated rings. The molecule has 6 nitrogen and oxygen atoms in total. The highest BCUT2D eigenvalue weighted by atomic mass is 19.4. The van der Waals surface area contributed by atoms with Crippen molar-refractivity contribution in [3.8, 4) is 0 Å². The zero-order chi connectivity index (χ0) is 17.3. The lowest BCUT2D eigenvalue weighted by Crippen LogP contribution is -2.47. The van der Waals surface area contributed by atoms with Gasteiger partial charge in [0.05, 0.1) is 31.7 Å². The van der Waals surface area contributed by atoms with Gasteiger partial charge in [0.2, 0.25) is 0 Å². The van der Waals surface area contributed by atoms with Crippen molar-refractivity contribution < 1.29 is 23.0 Å². The van der Waals surface area contributed by atoms with Gasteiger partial charge in [-0.05, 0) is 31.8 Å². The number of hydrogen-bond acceptors (Lipinski definition) is 5. The lowest BCUT2D eigenvalue weighted by Gasteiger charge is -2.36. The number of ether oxygens (including phenoxy) is 1. The van der Waals surface area contributed by atoms with E-state index in [9.17, 15) is 23.1 Å². The van der Waals surface area contributed by atoms with Crippen LogP contribution in [-0.2, 0) is 17.5 Å². The average Bonchev–Trinajstić information content (AvgIpc) is 2.95. The molecule has 0 spiro atoms. The van der Waals surface area contributed by atoms with E-state index in [-0.39, 0.29) is 12.0 Å². The molecule has 3 rings (SSSR count). The number of hydrogen-bond donors (Lipinski definition) is 1. The number of piperidine rings is 1. The summed E-state index contributed by atoms with van der Waals surface area (Å²) in [5, 5.41) is 9.86. The third kappa shape index (κ3) is 3.79. The van der Waals surface area contributed by atoms with Crippen LogP contribution in [0.25, 0.3) is 0 Å². The smallest absolute Gasteiger partial charge is 0.389 e. The summed E-state index contributed by atoms with van der Waals surface area (Å²) >= 11 is 0. The maximum absolute atomic E-state index is 12.5. The molecule has 2 unspecified atom stereocenters. The molecule has 0 aromatic carbocycles. The number of likely N-dealkylation sites (tertiary alicyclic amines) is 1. The molecule has 3 heterocycles. The summed E-state index contributed by atoms with van der Waals surface area (Å²) in [6.07, 6.45) is -2.46. The van der Waals surface area contributed by atoms with Crippen molar-refractivity contribution in [1.82, 2.24) is 14.5 Å². The summed E-state index contributed by atoms with van der Waals surface area (Å²) in [6.45, 7) is 2.80. The summed E-state index contributed by atoms with van der Waals surface area (Å²) in [5.74, 6) is 0.206. The first-order chi connectivity index (χ1) is 11.3. The van der Waals surface area contributed by atoms with Gasteiger partial charge in [-0.15, -0.1) is 0 Å². The van der Waals surface area contributed by atoms with Crippen LogP contribution >= 0.6 is 0 Å². The maximum Gasteiger partial charge on any atom is 0.433 e. The summed E-state index contributed by atoms with van der Waals surface area (Å²) in [7, 11) is 0. The minimum absolute atomic E-state index is 0.0152. The average molecular weight is 347 g/mol. The van der Waals surface area contributed by atoms with E-state index in [1.165, 1.54) is 4.57 Å². The highest BCUT2D eigenvalue weighted by Gasteiger charge is 2.35. The fourth-order valence-electron chi connectivity index (χ4n) is 3.34. The van der Waals surface area contributed by atoms with Crippen molar-refractivity contribution in [3.05, 3.63) is 28.4 Å². The van der Waals surface area contributed by atoms with Gasteiger partial charge in [0.25, 0.3) is 5.56 Å². The molecule has 2 atom stereocenters. The lowest BCUT2D eigenvalue weighted by atomic mass is 9.95. The highest BCUT2D eigenvalue weighted by Crippen LogP contribution is 2.26. The Labute approximate surface area is 136 Å². The zero-order valence-electron chi connectivity index (χ0n) is 13.1. The fourth-order valence-corrected chi connectivity index (χ4v) is 3.34. The molecule has 2 aliphatic heterocycles. The normalized spacial score (nSPS) is 26.8. The molecule has 0 aliphatic carbocycles. The number of aliphatic hydroxyl groups is 1. The van der Waals surface area contributed by atoms with Gasteiger partial charge in [-0.1, -0.05) is 0 Å². The molecular weight excluding hydrogens is 327 g/mol. The van der Waals surface area contributed by atoms with Gasteiger partial charge in [-0.25, -0.2) is 4.98 Å². The van der Waals surface area contributed by atoms with Gasteiger partial charge in [-0.3, -0.25) is 14.3 Å². The number of alkyl halides is 3. The van der Waals surface area contributed by atoms with Crippen molar-refractivity contribution in [2.75, 3.05) is 26.3 Å². The second-order valence-corrected chi connectivity index (χ2v) is 6.41. The third-order valence-electron chi connectivity index (χ3n) is 4.76. The van der Waals surface area contributed by atoms with Crippen molar-refractivity contribution in [2.24, 2.45) is 5.92 Å². The first-order valence-electron chi connectivity index (χ1n) is 7.98. The van der Waals surface area contributed by atoms with Gasteiger partial charge in [0.1, 0.15) is 0 Å². The fraction of sp³-hybridized carbons (Fsp3) is 0.733. The van der Waals surface area contributed by atoms with Gasteiger partial charge in [0, 0.05) is 12.6 Å². The van der Waals surface area contributed by atoms with Crippen molar-refractivity contribution in [3.63, 3.8) is 0 Å². The molecule has 1 aromatic rings. The van der Waals surface area contributed by atoms with Crippen LogP contribution in [-0.4, -0.2) is 58.0 Å². The number of halogens is 3. The van der Waals surface area contributed by atoms with E-state index >= 15 is 0 Å². The van der Waals surface area contributed by atoms with Gasteiger partial charge >= 0.3 is 6.18 Å². The molecule has 24 heavy (non-hydrogen) atoms. The van der Waals surface area contributed by atoms with Crippen LogP contribution in [0.15, 0.2) is 17.2 Å². The van der Waals surface area contributed by atoms with Crippen LogP contribution in [0.2, 0.25) is 0 Å². The van der Waals surface area contributed by atoms with E-state index in [0.717, 1.165) is 32.3 Å². The van der Waals surface area contributed by atoms with E-state index in [4.69, 9.17) is 4.74 Å². The standard InChI is InChI=1S/C15H20F3N3O3/c16-15(17,18)13-5-14(23)21(9-19-13)6-10-1-3-20(4-2-10)11-7-24-8-12(11)22/h5,9-12,22H,1-4,6-8H2.